The van der Waals surface area contributed by atoms with Gasteiger partial charge in [0.2, 0.25) is 5.91 Å². The number of aromatic nitrogens is 1. The number of halogens is 3. The molecule has 2 aromatic carbocycles. The van der Waals surface area contributed by atoms with Crippen LogP contribution in [0.1, 0.15) is 52.0 Å². The Bertz CT molecular complexity index is 1240. The van der Waals surface area contributed by atoms with Crippen LogP contribution in [0.3, 0.4) is 0 Å². The molecule has 0 spiro atoms. The van der Waals surface area contributed by atoms with Crippen LogP contribution in [0.25, 0.3) is 10.9 Å². The number of ether oxygens (including phenoxy) is 1. The average molecular weight is 490 g/mol. The number of Topliss-reactive ketones (excluding diaryl/α,β-unsaturated/α-hetero) is 1. The molecule has 5 rings (SSSR count). The maximum Gasteiger partial charge on any atom is 0.249 e. The summed E-state index contributed by atoms with van der Waals surface area (Å²) in [5.41, 5.74) is 7.45. The molecule has 1 aromatic heterocycles. The predicted octanol–water partition coefficient (Wildman–Crippen LogP) is 4.40. The summed E-state index contributed by atoms with van der Waals surface area (Å²) in [6.07, 6.45) is 5.46. The number of benzene rings is 2. The molecular weight excluding hydrogens is 464 g/mol. The fourth-order valence-electron chi connectivity index (χ4n) is 4.95. The standard InChI is InChI=1S/C25H25F2N3O3.ClH/c26-14-4-7-22-18(10-14)20(12-29-22)23(31)8-9-30(15-2-1-3-15)16-11-19-17(25(28)32)5-6-21(27)24(19)33-13-16;/h4-7,10,12,15-16,29H,1-3,8-9,11,13H2,(H2,28,32);1H. The van der Waals surface area contributed by atoms with Crippen molar-refractivity contribution in [1.29, 1.82) is 0 Å². The van der Waals surface area contributed by atoms with Crippen molar-refractivity contribution in [2.45, 2.75) is 44.2 Å². The highest BCUT2D eigenvalue weighted by Crippen LogP contribution is 2.35. The van der Waals surface area contributed by atoms with Crippen molar-refractivity contribution in [3.63, 3.8) is 0 Å². The van der Waals surface area contributed by atoms with Gasteiger partial charge in [-0.3, -0.25) is 14.5 Å². The van der Waals surface area contributed by atoms with Crippen molar-refractivity contribution in [3.8, 4) is 5.75 Å². The summed E-state index contributed by atoms with van der Waals surface area (Å²) >= 11 is 0. The Balaban J connectivity index is 0.00000274. The number of hydrogen-bond acceptors (Lipinski definition) is 4. The van der Waals surface area contributed by atoms with Crippen LogP contribution < -0.4 is 10.5 Å². The van der Waals surface area contributed by atoms with E-state index in [1.165, 1.54) is 24.3 Å². The van der Waals surface area contributed by atoms with Gasteiger partial charge in [-0.2, -0.15) is 0 Å². The number of aromatic amines is 1. The van der Waals surface area contributed by atoms with E-state index in [2.05, 4.69) is 9.88 Å². The van der Waals surface area contributed by atoms with Gasteiger partial charge in [-0.1, -0.05) is 6.42 Å². The van der Waals surface area contributed by atoms with Gasteiger partial charge in [-0.25, -0.2) is 8.78 Å². The molecule has 6 nitrogen and oxygen atoms in total. The van der Waals surface area contributed by atoms with E-state index in [1.54, 1.807) is 12.3 Å². The first kappa shape index (κ1) is 24.2. The number of nitrogens with zero attached hydrogens (tertiary/aromatic N) is 1. The molecule has 1 saturated carbocycles. The summed E-state index contributed by atoms with van der Waals surface area (Å²) in [7, 11) is 0. The number of rotatable bonds is 7. The van der Waals surface area contributed by atoms with Gasteiger partial charge in [-0.05, 0) is 49.6 Å². The minimum absolute atomic E-state index is 0. The maximum atomic E-state index is 14.3. The van der Waals surface area contributed by atoms with Crippen LogP contribution in [-0.4, -0.2) is 46.8 Å². The van der Waals surface area contributed by atoms with Crippen molar-refractivity contribution in [2.75, 3.05) is 13.2 Å². The Labute approximate surface area is 201 Å². The van der Waals surface area contributed by atoms with Crippen LogP contribution in [0.4, 0.5) is 8.78 Å². The minimum atomic E-state index is -0.618. The van der Waals surface area contributed by atoms with E-state index in [1.807, 2.05) is 0 Å². The molecular formula is C25H26ClF2N3O3. The van der Waals surface area contributed by atoms with Crippen LogP contribution >= 0.6 is 12.4 Å². The Morgan fingerprint density at radius 3 is 2.62 bits per heavy atom. The lowest BCUT2D eigenvalue weighted by Crippen LogP contribution is -2.52. The zero-order valence-corrected chi connectivity index (χ0v) is 19.3. The molecule has 1 atom stereocenters. The van der Waals surface area contributed by atoms with Crippen molar-refractivity contribution >= 4 is 35.0 Å². The van der Waals surface area contributed by atoms with Crippen molar-refractivity contribution in [3.05, 3.63) is 64.9 Å². The molecule has 0 bridgehead atoms. The second-order valence-corrected chi connectivity index (χ2v) is 8.82. The largest absolute Gasteiger partial charge is 0.489 e. The molecule has 34 heavy (non-hydrogen) atoms. The first-order valence-electron chi connectivity index (χ1n) is 11.2. The summed E-state index contributed by atoms with van der Waals surface area (Å²) in [6, 6.07) is 7.15. The molecule has 1 amide bonds. The molecule has 0 saturated heterocycles. The van der Waals surface area contributed by atoms with Gasteiger partial charge in [0, 0.05) is 58.8 Å². The Hall–Kier alpha value is -2.97. The second kappa shape index (κ2) is 9.72. The highest BCUT2D eigenvalue weighted by Gasteiger charge is 2.35. The van der Waals surface area contributed by atoms with Gasteiger partial charge in [0.05, 0.1) is 0 Å². The maximum absolute atomic E-state index is 14.3. The first-order valence-corrected chi connectivity index (χ1v) is 11.2. The number of hydrogen-bond donors (Lipinski definition) is 2. The molecule has 1 aliphatic carbocycles. The summed E-state index contributed by atoms with van der Waals surface area (Å²) < 4.78 is 33.7. The first-order chi connectivity index (χ1) is 15.9. The molecule has 1 unspecified atom stereocenters. The van der Waals surface area contributed by atoms with E-state index < -0.39 is 11.7 Å². The number of carbonyl (C=O) groups excluding carboxylic acids is 2. The molecule has 0 radical (unpaired) electrons. The fraction of sp³-hybridized carbons (Fsp3) is 0.360. The Morgan fingerprint density at radius 2 is 1.91 bits per heavy atom. The fourth-order valence-corrected chi connectivity index (χ4v) is 4.95. The Morgan fingerprint density at radius 1 is 1.12 bits per heavy atom. The number of fused-ring (bicyclic) bond motifs is 2. The van der Waals surface area contributed by atoms with Gasteiger partial charge in [-0.15, -0.1) is 12.4 Å². The van der Waals surface area contributed by atoms with Gasteiger partial charge >= 0.3 is 0 Å². The summed E-state index contributed by atoms with van der Waals surface area (Å²) in [5.74, 6) is -1.49. The highest BCUT2D eigenvalue weighted by molar-refractivity contribution is 6.07. The molecule has 3 aromatic rings. The molecule has 1 fully saturated rings. The smallest absolute Gasteiger partial charge is 0.249 e. The zero-order chi connectivity index (χ0) is 23.1. The van der Waals surface area contributed by atoms with E-state index in [0.29, 0.717) is 41.0 Å². The van der Waals surface area contributed by atoms with Gasteiger partial charge < -0.3 is 15.5 Å². The molecule has 9 heteroatoms. The molecule has 2 aliphatic rings. The lowest BCUT2D eigenvalue weighted by atomic mass is 9.87. The van der Waals surface area contributed by atoms with Gasteiger partial charge in [0.1, 0.15) is 12.4 Å². The summed E-state index contributed by atoms with van der Waals surface area (Å²) in [4.78, 5) is 30.2. The van der Waals surface area contributed by atoms with E-state index >= 15 is 0 Å². The lowest BCUT2D eigenvalue weighted by Gasteiger charge is -2.44. The number of H-pyrrole nitrogens is 1. The van der Waals surface area contributed by atoms with Crippen LogP contribution in [0, 0.1) is 11.6 Å². The third-order valence-corrected chi connectivity index (χ3v) is 6.89. The third-order valence-electron chi connectivity index (χ3n) is 6.89. The van der Waals surface area contributed by atoms with Crippen molar-refractivity contribution in [2.24, 2.45) is 5.73 Å². The number of primary amides is 1. The summed E-state index contributed by atoms with van der Waals surface area (Å²) in [6.45, 7) is 0.769. The topological polar surface area (TPSA) is 88.4 Å². The van der Waals surface area contributed by atoms with Crippen LogP contribution in [0.5, 0.6) is 5.75 Å². The molecule has 2 heterocycles. The van der Waals surface area contributed by atoms with Gasteiger partial charge in [0.15, 0.2) is 17.3 Å². The zero-order valence-electron chi connectivity index (χ0n) is 18.5. The van der Waals surface area contributed by atoms with Crippen molar-refractivity contribution < 1.29 is 23.1 Å². The second-order valence-electron chi connectivity index (χ2n) is 8.82. The lowest BCUT2D eigenvalue weighted by molar-refractivity contribution is 0.0412. The number of ketones is 1. The van der Waals surface area contributed by atoms with E-state index in [4.69, 9.17) is 10.5 Å². The van der Waals surface area contributed by atoms with Crippen molar-refractivity contribution in [1.82, 2.24) is 9.88 Å². The minimum Gasteiger partial charge on any atom is -0.489 e. The normalized spacial score (nSPS) is 17.6. The quantitative estimate of drug-likeness (QED) is 0.481. The molecule has 3 N–H and O–H groups in total. The molecule has 180 valence electrons. The Kier molecular flexibility index (Phi) is 6.91. The van der Waals surface area contributed by atoms with E-state index in [9.17, 15) is 18.4 Å². The number of nitrogens with two attached hydrogens (primary N) is 1. The molecule has 1 aliphatic heterocycles. The SMILES string of the molecule is Cl.NC(=O)c1ccc(F)c2c1CC(N(CCC(=O)c1c[nH]c3ccc(F)cc13)C1CCC1)CO2. The average Bonchev–Trinajstić information content (AvgIpc) is 3.18. The van der Waals surface area contributed by atoms with Gasteiger partial charge in [0.25, 0.3) is 0 Å². The number of amides is 1. The van der Waals surface area contributed by atoms with E-state index in [0.717, 1.165) is 19.3 Å². The van der Waals surface area contributed by atoms with Crippen LogP contribution in [0.2, 0.25) is 0 Å². The van der Waals surface area contributed by atoms with Crippen LogP contribution in [0.15, 0.2) is 36.5 Å². The predicted molar refractivity (Wildman–Crippen MR) is 127 cm³/mol. The van der Waals surface area contributed by atoms with E-state index in [-0.39, 0.29) is 54.4 Å². The highest BCUT2D eigenvalue weighted by atomic mass is 35.5. The number of carbonyl (C=O) groups is 2. The number of nitrogens with one attached hydrogen (secondary N) is 1. The van der Waals surface area contributed by atoms with Crippen LogP contribution in [-0.2, 0) is 6.42 Å². The monoisotopic (exact) mass is 489 g/mol. The third kappa shape index (κ3) is 4.40. The summed E-state index contributed by atoms with van der Waals surface area (Å²) in [5, 5.41) is 0.576.